The molecule has 1 aromatic carbocycles. The third kappa shape index (κ3) is 3.29. The summed E-state index contributed by atoms with van der Waals surface area (Å²) in [5.74, 6) is -0.595. The molecule has 108 valence electrons. The highest BCUT2D eigenvalue weighted by molar-refractivity contribution is 5.87. The van der Waals surface area contributed by atoms with E-state index in [0.717, 1.165) is 19.3 Å². The topological polar surface area (TPSA) is 75.6 Å². The summed E-state index contributed by atoms with van der Waals surface area (Å²) >= 11 is 0. The number of phenolic OH excluding ortho intramolecular Hbond substituents is 1. The van der Waals surface area contributed by atoms with Crippen LogP contribution in [-0.4, -0.2) is 23.6 Å². The van der Waals surface area contributed by atoms with Crippen LogP contribution in [0.25, 0.3) is 0 Å². The minimum Gasteiger partial charge on any atom is -0.508 e. The number of phenols is 1. The zero-order valence-electron chi connectivity index (χ0n) is 11.5. The Morgan fingerprint density at radius 3 is 2.75 bits per heavy atom. The van der Waals surface area contributed by atoms with Gasteiger partial charge in [0.05, 0.1) is 6.61 Å². The van der Waals surface area contributed by atoms with Crippen LogP contribution in [0, 0.1) is 5.92 Å². The Kier molecular flexibility index (Phi) is 4.61. The molecule has 0 spiro atoms. The fourth-order valence-electron chi connectivity index (χ4n) is 2.14. The monoisotopic (exact) mass is 277 g/mol. The second-order valence-corrected chi connectivity index (χ2v) is 4.92. The van der Waals surface area contributed by atoms with Crippen molar-refractivity contribution in [3.05, 3.63) is 29.8 Å². The molecule has 1 aliphatic carbocycles. The number of ether oxygens (including phenoxy) is 1. The normalized spacial score (nSPS) is 16.1. The summed E-state index contributed by atoms with van der Waals surface area (Å²) in [4.78, 5) is 24.0. The number of carbonyl (C=O) groups is 2. The van der Waals surface area contributed by atoms with Crippen molar-refractivity contribution in [3.63, 3.8) is 0 Å². The largest absolute Gasteiger partial charge is 0.508 e. The summed E-state index contributed by atoms with van der Waals surface area (Å²) in [5, 5.41) is 12.2. The van der Waals surface area contributed by atoms with E-state index in [2.05, 4.69) is 5.32 Å². The predicted molar refractivity (Wildman–Crippen MR) is 73.0 cm³/mol. The first-order valence-electron chi connectivity index (χ1n) is 6.87. The third-order valence-corrected chi connectivity index (χ3v) is 3.49. The van der Waals surface area contributed by atoms with Crippen molar-refractivity contribution >= 4 is 11.9 Å². The lowest BCUT2D eigenvalue weighted by molar-refractivity contribution is -0.148. The van der Waals surface area contributed by atoms with Crippen molar-refractivity contribution in [1.82, 2.24) is 5.32 Å². The average molecular weight is 277 g/mol. The summed E-state index contributed by atoms with van der Waals surface area (Å²) in [6.45, 7) is 1.96. The molecule has 1 unspecified atom stereocenters. The van der Waals surface area contributed by atoms with Crippen LogP contribution in [0.15, 0.2) is 24.3 Å². The highest BCUT2D eigenvalue weighted by atomic mass is 16.5. The molecule has 1 saturated carbocycles. The van der Waals surface area contributed by atoms with Crippen LogP contribution < -0.4 is 5.32 Å². The number of benzene rings is 1. The van der Waals surface area contributed by atoms with E-state index in [1.165, 1.54) is 12.1 Å². The maximum atomic E-state index is 12.0. The van der Waals surface area contributed by atoms with Crippen LogP contribution in [0.4, 0.5) is 0 Å². The number of aromatic hydroxyl groups is 1. The summed E-state index contributed by atoms with van der Waals surface area (Å²) in [6.07, 6.45) is 2.77. The van der Waals surface area contributed by atoms with Gasteiger partial charge >= 0.3 is 5.97 Å². The van der Waals surface area contributed by atoms with E-state index < -0.39 is 12.0 Å². The molecular formula is C15H19NO4. The van der Waals surface area contributed by atoms with Gasteiger partial charge in [-0.15, -0.1) is 0 Å². The molecule has 1 amide bonds. The minimum absolute atomic E-state index is 0.00997. The number of rotatable bonds is 5. The Labute approximate surface area is 117 Å². The van der Waals surface area contributed by atoms with Crippen LogP contribution in [0.5, 0.6) is 5.75 Å². The minimum atomic E-state index is -0.866. The molecule has 0 aromatic heterocycles. The SMILES string of the molecule is CCOC(=O)C(NC(=O)C1CCC1)c1cccc(O)c1. The van der Waals surface area contributed by atoms with Crippen LogP contribution in [0.2, 0.25) is 0 Å². The second-order valence-electron chi connectivity index (χ2n) is 4.92. The van der Waals surface area contributed by atoms with E-state index in [0.29, 0.717) is 5.56 Å². The fourth-order valence-corrected chi connectivity index (χ4v) is 2.14. The van der Waals surface area contributed by atoms with Crippen molar-refractivity contribution in [3.8, 4) is 5.75 Å². The van der Waals surface area contributed by atoms with Gasteiger partial charge in [-0.1, -0.05) is 18.6 Å². The molecule has 1 fully saturated rings. The lowest BCUT2D eigenvalue weighted by Crippen LogP contribution is -2.40. The van der Waals surface area contributed by atoms with Crippen LogP contribution in [0.3, 0.4) is 0 Å². The maximum absolute atomic E-state index is 12.0. The molecule has 0 bridgehead atoms. The Morgan fingerprint density at radius 2 is 2.20 bits per heavy atom. The van der Waals surface area contributed by atoms with Gasteiger partial charge in [0.25, 0.3) is 0 Å². The van der Waals surface area contributed by atoms with Gasteiger partial charge in [0.2, 0.25) is 5.91 Å². The average Bonchev–Trinajstić information content (AvgIpc) is 2.34. The molecule has 2 N–H and O–H groups in total. The first-order valence-corrected chi connectivity index (χ1v) is 6.87. The number of amides is 1. The predicted octanol–water partition coefficient (Wildman–Crippen LogP) is 1.91. The molecule has 1 aliphatic rings. The molecule has 0 aliphatic heterocycles. The van der Waals surface area contributed by atoms with Gasteiger partial charge in [-0.2, -0.15) is 0 Å². The Morgan fingerprint density at radius 1 is 1.45 bits per heavy atom. The molecule has 1 atom stereocenters. The van der Waals surface area contributed by atoms with E-state index in [-0.39, 0.29) is 24.2 Å². The molecule has 5 heteroatoms. The lowest BCUT2D eigenvalue weighted by atomic mass is 9.84. The smallest absolute Gasteiger partial charge is 0.333 e. The van der Waals surface area contributed by atoms with E-state index in [1.54, 1.807) is 19.1 Å². The Hall–Kier alpha value is -2.04. The fraction of sp³-hybridized carbons (Fsp3) is 0.467. The molecule has 1 aromatic rings. The summed E-state index contributed by atoms with van der Waals surface area (Å²) in [5.41, 5.74) is 0.524. The molecule has 5 nitrogen and oxygen atoms in total. The molecular weight excluding hydrogens is 258 g/mol. The van der Waals surface area contributed by atoms with Gasteiger partial charge in [-0.25, -0.2) is 4.79 Å². The van der Waals surface area contributed by atoms with Crippen LogP contribution in [0.1, 0.15) is 37.8 Å². The molecule has 0 heterocycles. The highest BCUT2D eigenvalue weighted by Crippen LogP contribution is 2.28. The first kappa shape index (κ1) is 14.4. The van der Waals surface area contributed by atoms with Gasteiger partial charge in [0.1, 0.15) is 5.75 Å². The van der Waals surface area contributed by atoms with E-state index in [1.807, 2.05) is 0 Å². The molecule has 0 radical (unpaired) electrons. The molecule has 0 saturated heterocycles. The van der Waals surface area contributed by atoms with Gasteiger partial charge in [0.15, 0.2) is 6.04 Å². The van der Waals surface area contributed by atoms with Gasteiger partial charge in [-0.05, 0) is 37.5 Å². The number of esters is 1. The van der Waals surface area contributed by atoms with Gasteiger partial charge < -0.3 is 15.2 Å². The number of hydrogen-bond acceptors (Lipinski definition) is 4. The summed E-state index contributed by atoms with van der Waals surface area (Å²) in [7, 11) is 0. The molecule has 20 heavy (non-hydrogen) atoms. The van der Waals surface area contributed by atoms with Crippen molar-refractivity contribution in [1.29, 1.82) is 0 Å². The van der Waals surface area contributed by atoms with E-state index in [4.69, 9.17) is 4.74 Å². The maximum Gasteiger partial charge on any atom is 0.333 e. The second kappa shape index (κ2) is 6.41. The van der Waals surface area contributed by atoms with Crippen molar-refractivity contribution in [2.75, 3.05) is 6.61 Å². The standard InChI is InChI=1S/C15H19NO4/c1-2-20-15(19)13(11-7-4-8-12(17)9-11)16-14(18)10-5-3-6-10/h4,7-10,13,17H,2-3,5-6H2,1H3,(H,16,18). The highest BCUT2D eigenvalue weighted by Gasteiger charge is 2.30. The Balaban J connectivity index is 2.15. The van der Waals surface area contributed by atoms with Crippen LogP contribution in [-0.2, 0) is 14.3 Å². The lowest BCUT2D eigenvalue weighted by Gasteiger charge is -2.26. The zero-order chi connectivity index (χ0) is 14.5. The quantitative estimate of drug-likeness (QED) is 0.806. The summed E-state index contributed by atoms with van der Waals surface area (Å²) in [6, 6.07) is 5.42. The van der Waals surface area contributed by atoms with Crippen molar-refractivity contribution in [2.45, 2.75) is 32.2 Å². The van der Waals surface area contributed by atoms with Gasteiger partial charge in [0, 0.05) is 5.92 Å². The summed E-state index contributed by atoms with van der Waals surface area (Å²) < 4.78 is 5.00. The van der Waals surface area contributed by atoms with Crippen molar-refractivity contribution in [2.24, 2.45) is 5.92 Å². The van der Waals surface area contributed by atoms with E-state index in [9.17, 15) is 14.7 Å². The molecule has 2 rings (SSSR count). The zero-order valence-corrected chi connectivity index (χ0v) is 11.5. The first-order chi connectivity index (χ1) is 9.61. The number of nitrogens with one attached hydrogen (secondary N) is 1. The van der Waals surface area contributed by atoms with Crippen molar-refractivity contribution < 1.29 is 19.4 Å². The third-order valence-electron chi connectivity index (χ3n) is 3.49. The van der Waals surface area contributed by atoms with Crippen LogP contribution >= 0.6 is 0 Å². The van der Waals surface area contributed by atoms with Gasteiger partial charge in [-0.3, -0.25) is 4.79 Å². The Bertz CT molecular complexity index is 496. The van der Waals surface area contributed by atoms with E-state index >= 15 is 0 Å². The number of hydrogen-bond donors (Lipinski definition) is 2. The number of carbonyl (C=O) groups excluding carboxylic acids is 2.